The van der Waals surface area contributed by atoms with Crippen LogP contribution in [0, 0.1) is 0 Å². The number of hydrogen-bond acceptors (Lipinski definition) is 8. The van der Waals surface area contributed by atoms with E-state index in [-0.39, 0.29) is 0 Å². The van der Waals surface area contributed by atoms with Gasteiger partial charge in [-0.25, -0.2) is 15.0 Å². The van der Waals surface area contributed by atoms with Crippen molar-refractivity contribution in [3.63, 3.8) is 0 Å². The number of benzene rings is 2. The molecule has 2 heterocycles. The van der Waals surface area contributed by atoms with Crippen molar-refractivity contribution in [2.75, 3.05) is 23.5 Å². The summed E-state index contributed by atoms with van der Waals surface area (Å²) in [6, 6.07) is 13.5. The molecule has 0 aliphatic carbocycles. The number of nitrogens with one attached hydrogen (secondary N) is 2. The number of fused-ring (bicyclic) bond motifs is 1. The third-order valence-electron chi connectivity index (χ3n) is 3.79. The van der Waals surface area contributed by atoms with Crippen molar-refractivity contribution < 1.29 is 4.74 Å². The standard InChI is InChI=1S/C18H15BrN6OS/c1-26-12-5-6-13-14(8-12)27-18(24-13)25-17-15(20)16(21-9-22-17)23-11-4-2-3-10(19)7-11/h2-9H,20H2,1H3,(H2,21,22,23,24,25). The predicted octanol–water partition coefficient (Wildman–Crippen LogP) is 4.93. The van der Waals surface area contributed by atoms with Crippen LogP contribution in [0.1, 0.15) is 0 Å². The maximum atomic E-state index is 6.25. The Kier molecular flexibility index (Phi) is 4.78. The van der Waals surface area contributed by atoms with Crippen molar-refractivity contribution in [1.29, 1.82) is 0 Å². The van der Waals surface area contributed by atoms with Crippen LogP contribution in [-0.2, 0) is 0 Å². The Labute approximate surface area is 167 Å². The lowest BCUT2D eigenvalue weighted by atomic mass is 10.3. The molecule has 0 saturated heterocycles. The molecule has 7 nitrogen and oxygen atoms in total. The molecule has 136 valence electrons. The highest BCUT2D eigenvalue weighted by molar-refractivity contribution is 9.10. The molecule has 0 bridgehead atoms. The Morgan fingerprint density at radius 3 is 2.67 bits per heavy atom. The van der Waals surface area contributed by atoms with Crippen molar-refractivity contribution in [1.82, 2.24) is 15.0 Å². The second kappa shape index (κ2) is 7.37. The molecule has 4 rings (SSSR count). The molecule has 0 aliphatic rings. The maximum absolute atomic E-state index is 6.25. The smallest absolute Gasteiger partial charge is 0.189 e. The van der Waals surface area contributed by atoms with Gasteiger partial charge in [-0.1, -0.05) is 33.3 Å². The van der Waals surface area contributed by atoms with Crippen LogP contribution in [0.4, 0.5) is 28.1 Å². The van der Waals surface area contributed by atoms with E-state index in [1.165, 1.54) is 17.7 Å². The number of halogens is 1. The highest BCUT2D eigenvalue weighted by Gasteiger charge is 2.12. The Bertz CT molecular complexity index is 1120. The first-order chi connectivity index (χ1) is 13.1. The Hall–Kier alpha value is -2.91. The van der Waals surface area contributed by atoms with E-state index in [1.54, 1.807) is 7.11 Å². The Morgan fingerprint density at radius 1 is 1.07 bits per heavy atom. The number of anilines is 5. The summed E-state index contributed by atoms with van der Waals surface area (Å²) in [6.45, 7) is 0. The lowest BCUT2D eigenvalue weighted by Gasteiger charge is -2.11. The van der Waals surface area contributed by atoms with Crippen molar-refractivity contribution in [3.05, 3.63) is 53.3 Å². The van der Waals surface area contributed by atoms with Gasteiger partial charge < -0.3 is 21.1 Å². The normalized spacial score (nSPS) is 10.7. The molecule has 0 saturated carbocycles. The van der Waals surface area contributed by atoms with Crippen LogP contribution < -0.4 is 21.1 Å². The van der Waals surface area contributed by atoms with Gasteiger partial charge in [-0.05, 0) is 36.4 Å². The maximum Gasteiger partial charge on any atom is 0.189 e. The van der Waals surface area contributed by atoms with Crippen LogP contribution in [0.3, 0.4) is 0 Å². The molecule has 4 N–H and O–H groups in total. The molecule has 2 aromatic heterocycles. The average Bonchev–Trinajstić information content (AvgIpc) is 3.06. The monoisotopic (exact) mass is 442 g/mol. The summed E-state index contributed by atoms with van der Waals surface area (Å²) in [5, 5.41) is 7.07. The number of methoxy groups -OCH3 is 1. The summed E-state index contributed by atoms with van der Waals surface area (Å²) >= 11 is 4.94. The van der Waals surface area contributed by atoms with E-state index in [2.05, 4.69) is 41.5 Å². The highest BCUT2D eigenvalue weighted by Crippen LogP contribution is 2.33. The van der Waals surface area contributed by atoms with Gasteiger partial charge in [-0.15, -0.1) is 0 Å². The predicted molar refractivity (Wildman–Crippen MR) is 113 cm³/mol. The van der Waals surface area contributed by atoms with Gasteiger partial charge >= 0.3 is 0 Å². The summed E-state index contributed by atoms with van der Waals surface area (Å²) in [5.74, 6) is 1.81. The van der Waals surface area contributed by atoms with Gasteiger partial charge in [0.25, 0.3) is 0 Å². The molecule has 2 aromatic carbocycles. The number of hydrogen-bond donors (Lipinski definition) is 3. The summed E-state index contributed by atoms with van der Waals surface area (Å²) < 4.78 is 7.23. The zero-order chi connectivity index (χ0) is 18.8. The molecule has 0 atom stereocenters. The molecule has 0 amide bonds. The summed E-state index contributed by atoms with van der Waals surface area (Å²) in [5.41, 5.74) is 8.41. The second-order valence-corrected chi connectivity index (χ2v) is 7.54. The van der Waals surface area contributed by atoms with Gasteiger partial charge in [0, 0.05) is 10.2 Å². The summed E-state index contributed by atoms with van der Waals surface area (Å²) in [7, 11) is 1.64. The number of ether oxygens (including phenoxy) is 1. The van der Waals surface area contributed by atoms with Crippen molar-refractivity contribution in [2.45, 2.75) is 0 Å². The van der Waals surface area contributed by atoms with Gasteiger partial charge in [0.05, 0.1) is 17.3 Å². The second-order valence-electron chi connectivity index (χ2n) is 5.60. The van der Waals surface area contributed by atoms with Crippen LogP contribution in [0.2, 0.25) is 0 Å². The quantitative estimate of drug-likeness (QED) is 0.403. The van der Waals surface area contributed by atoms with Gasteiger partial charge in [0.2, 0.25) is 0 Å². The molecule has 0 unspecified atom stereocenters. The third kappa shape index (κ3) is 3.79. The SMILES string of the molecule is COc1ccc2nc(Nc3ncnc(Nc4cccc(Br)c4)c3N)sc2c1. The van der Waals surface area contributed by atoms with Crippen LogP contribution in [-0.4, -0.2) is 22.1 Å². The van der Waals surface area contributed by atoms with Crippen molar-refractivity contribution >= 4 is 65.6 Å². The van der Waals surface area contributed by atoms with E-state index in [0.717, 1.165) is 26.1 Å². The highest BCUT2D eigenvalue weighted by atomic mass is 79.9. The lowest BCUT2D eigenvalue weighted by molar-refractivity contribution is 0.415. The number of aromatic nitrogens is 3. The van der Waals surface area contributed by atoms with E-state index in [9.17, 15) is 0 Å². The Morgan fingerprint density at radius 2 is 1.89 bits per heavy atom. The fraction of sp³-hybridized carbons (Fsp3) is 0.0556. The van der Waals surface area contributed by atoms with E-state index in [4.69, 9.17) is 10.5 Å². The molecule has 0 fully saturated rings. The molecule has 0 aliphatic heterocycles. The molecule has 4 aromatic rings. The van der Waals surface area contributed by atoms with Gasteiger partial charge in [-0.2, -0.15) is 0 Å². The third-order valence-corrected chi connectivity index (χ3v) is 5.22. The van der Waals surface area contributed by atoms with Gasteiger partial charge in [0.15, 0.2) is 16.8 Å². The van der Waals surface area contributed by atoms with Crippen LogP contribution in [0.5, 0.6) is 5.75 Å². The zero-order valence-electron chi connectivity index (χ0n) is 14.2. The first-order valence-electron chi connectivity index (χ1n) is 7.97. The molecule has 0 spiro atoms. The molecule has 0 radical (unpaired) electrons. The fourth-order valence-corrected chi connectivity index (χ4v) is 3.78. The largest absolute Gasteiger partial charge is 0.497 e. The van der Waals surface area contributed by atoms with E-state index >= 15 is 0 Å². The number of nitrogens with zero attached hydrogens (tertiary/aromatic N) is 3. The van der Waals surface area contributed by atoms with Crippen molar-refractivity contribution in [2.24, 2.45) is 0 Å². The van der Waals surface area contributed by atoms with Crippen LogP contribution in [0.15, 0.2) is 53.3 Å². The molecular weight excluding hydrogens is 428 g/mol. The topological polar surface area (TPSA) is 98.0 Å². The minimum atomic E-state index is 0.411. The average molecular weight is 443 g/mol. The van der Waals surface area contributed by atoms with Gasteiger partial charge in [0.1, 0.15) is 17.8 Å². The van der Waals surface area contributed by atoms with Crippen molar-refractivity contribution in [3.8, 4) is 5.75 Å². The fourth-order valence-electron chi connectivity index (χ4n) is 2.48. The van der Waals surface area contributed by atoms with Gasteiger partial charge in [-0.3, -0.25) is 0 Å². The van der Waals surface area contributed by atoms with Crippen LogP contribution >= 0.6 is 27.3 Å². The van der Waals surface area contributed by atoms with E-state index < -0.39 is 0 Å². The first kappa shape index (κ1) is 17.5. The number of rotatable bonds is 5. The number of nitrogens with two attached hydrogens (primary N) is 1. The first-order valence-corrected chi connectivity index (χ1v) is 9.58. The molecular formula is C18H15BrN6OS. The zero-order valence-corrected chi connectivity index (χ0v) is 16.6. The van der Waals surface area contributed by atoms with Crippen LogP contribution in [0.25, 0.3) is 10.2 Å². The number of nitrogen functional groups attached to an aromatic ring is 1. The summed E-state index contributed by atoms with van der Waals surface area (Å²) in [4.78, 5) is 13.0. The van der Waals surface area contributed by atoms with E-state index in [0.29, 0.717) is 22.5 Å². The minimum Gasteiger partial charge on any atom is -0.497 e. The minimum absolute atomic E-state index is 0.411. The molecule has 27 heavy (non-hydrogen) atoms. The number of thiazole rings is 1. The lowest BCUT2D eigenvalue weighted by Crippen LogP contribution is -2.05. The van der Waals surface area contributed by atoms with E-state index in [1.807, 2.05) is 42.5 Å². The summed E-state index contributed by atoms with van der Waals surface area (Å²) in [6.07, 6.45) is 1.45. The molecule has 9 heteroatoms. The Balaban J connectivity index is 1.61.